The highest BCUT2D eigenvalue weighted by molar-refractivity contribution is 6.32. The van der Waals surface area contributed by atoms with E-state index in [4.69, 9.17) is 42.1 Å². The quantitative estimate of drug-likeness (QED) is 0.200. The number of methoxy groups -OCH3 is 1. The summed E-state index contributed by atoms with van der Waals surface area (Å²) in [4.78, 5) is 53.1. The molecule has 7 atom stereocenters. The highest BCUT2D eigenvalue weighted by atomic mass is 35.5. The van der Waals surface area contributed by atoms with E-state index in [0.717, 1.165) is 11.1 Å². The fraction of sp³-hybridized carbons (Fsp3) is 0.500. The van der Waals surface area contributed by atoms with Crippen molar-refractivity contribution >= 4 is 47.0 Å². The summed E-state index contributed by atoms with van der Waals surface area (Å²) in [6.07, 6.45) is 1.23. The second kappa shape index (κ2) is 17.2. The van der Waals surface area contributed by atoms with Crippen LogP contribution < -0.4 is 15.4 Å². The van der Waals surface area contributed by atoms with E-state index in [1.165, 1.54) is 13.2 Å². The molecule has 1 saturated heterocycles. The van der Waals surface area contributed by atoms with Gasteiger partial charge in [0.1, 0.15) is 24.0 Å². The van der Waals surface area contributed by atoms with Crippen LogP contribution in [0.1, 0.15) is 63.3 Å². The zero-order valence-corrected chi connectivity index (χ0v) is 29.4. The average molecular weight is 704 g/mol. The van der Waals surface area contributed by atoms with Gasteiger partial charge in [-0.3, -0.25) is 14.4 Å². The predicted octanol–water partition coefficient (Wildman–Crippen LogP) is 5.47. The largest absolute Gasteiger partial charge is 0.495 e. The van der Waals surface area contributed by atoms with Gasteiger partial charge in [-0.05, 0) is 47.2 Å². The Bertz CT molecular complexity index is 1480. The molecule has 2 aliphatic rings. The van der Waals surface area contributed by atoms with Crippen LogP contribution in [-0.4, -0.2) is 61.8 Å². The standard InChI is InChI=1S/C36H44Cl2N2O8/c1-20(2)15-30-36(44)46-28(22(4)32-33(48-32)25-12-9-23(18-37)10-13-25)7-6-8-31(41)40-27(34(42)39-19-21(3)35(43)47-30)17-24-11-14-29(45-5)26(38)16-24/h6,8-14,16,20-22,27-28,30,32-33H,7,15,17-19H2,1-5H3,(H,39,42)(H,40,41)/b8-6+/t21-,22+,27-,28+,30+,32?,33?/m1/s1. The van der Waals surface area contributed by atoms with Crippen molar-refractivity contribution in [3.63, 3.8) is 0 Å². The van der Waals surface area contributed by atoms with E-state index in [0.29, 0.717) is 22.2 Å². The first-order chi connectivity index (χ1) is 22.9. The lowest BCUT2D eigenvalue weighted by Gasteiger charge is -2.27. The highest BCUT2D eigenvalue weighted by Crippen LogP contribution is 2.45. The number of hydrogen-bond acceptors (Lipinski definition) is 8. The number of carbonyl (C=O) groups excluding carboxylic acids is 4. The van der Waals surface area contributed by atoms with Gasteiger partial charge in [-0.1, -0.05) is 75.7 Å². The number of cyclic esters (lactones) is 2. The van der Waals surface area contributed by atoms with Gasteiger partial charge in [0.25, 0.3) is 0 Å². The third-order valence-electron chi connectivity index (χ3n) is 8.48. The fourth-order valence-electron chi connectivity index (χ4n) is 5.54. The van der Waals surface area contributed by atoms with Crippen molar-refractivity contribution < 1.29 is 38.1 Å². The number of halogens is 2. The van der Waals surface area contributed by atoms with E-state index in [1.54, 1.807) is 31.2 Å². The van der Waals surface area contributed by atoms with Crippen LogP contribution in [-0.2, 0) is 45.7 Å². The van der Waals surface area contributed by atoms with Crippen LogP contribution in [0.5, 0.6) is 5.75 Å². The molecule has 2 unspecified atom stereocenters. The van der Waals surface area contributed by atoms with Crippen molar-refractivity contribution in [2.45, 2.75) is 83.3 Å². The number of amides is 2. The van der Waals surface area contributed by atoms with E-state index in [9.17, 15) is 19.2 Å². The molecule has 2 aromatic carbocycles. The minimum absolute atomic E-state index is 0.0229. The summed E-state index contributed by atoms with van der Waals surface area (Å²) in [6.45, 7) is 7.28. The molecule has 2 aromatic rings. The number of nitrogens with one attached hydrogen (secondary N) is 2. The first-order valence-electron chi connectivity index (χ1n) is 16.2. The summed E-state index contributed by atoms with van der Waals surface area (Å²) in [7, 11) is 1.50. The molecule has 12 heteroatoms. The maximum atomic E-state index is 13.5. The number of carbonyl (C=O) groups is 4. The number of benzene rings is 2. The Morgan fingerprint density at radius 2 is 1.69 bits per heavy atom. The normalized spacial score (nSPS) is 26.9. The van der Waals surface area contributed by atoms with Gasteiger partial charge < -0.3 is 29.6 Å². The molecule has 48 heavy (non-hydrogen) atoms. The first kappa shape index (κ1) is 37.2. The summed E-state index contributed by atoms with van der Waals surface area (Å²) in [6, 6.07) is 12.0. The van der Waals surface area contributed by atoms with Crippen LogP contribution in [0, 0.1) is 17.8 Å². The molecule has 10 nitrogen and oxygen atoms in total. The molecule has 0 spiro atoms. The van der Waals surface area contributed by atoms with Crippen molar-refractivity contribution in [2.24, 2.45) is 17.8 Å². The van der Waals surface area contributed by atoms with Gasteiger partial charge in [0.05, 0.1) is 24.2 Å². The predicted molar refractivity (Wildman–Crippen MR) is 182 cm³/mol. The van der Waals surface area contributed by atoms with E-state index < -0.39 is 47.9 Å². The van der Waals surface area contributed by atoms with Gasteiger partial charge in [-0.25, -0.2) is 4.79 Å². The van der Waals surface area contributed by atoms with E-state index in [-0.39, 0.29) is 49.9 Å². The fourth-order valence-corrected chi connectivity index (χ4v) is 6.00. The Hall–Kier alpha value is -3.60. The Morgan fingerprint density at radius 1 is 0.979 bits per heavy atom. The molecule has 2 amide bonds. The molecule has 2 heterocycles. The second-order valence-corrected chi connectivity index (χ2v) is 13.5. The van der Waals surface area contributed by atoms with Gasteiger partial charge in [-0.15, -0.1) is 11.6 Å². The van der Waals surface area contributed by atoms with Crippen LogP contribution in [0.15, 0.2) is 54.6 Å². The van der Waals surface area contributed by atoms with Gasteiger partial charge >= 0.3 is 11.9 Å². The number of ether oxygens (including phenoxy) is 4. The molecular formula is C36H44Cl2N2O8. The third kappa shape index (κ3) is 10.2. The number of hydrogen-bond donors (Lipinski definition) is 2. The number of esters is 2. The Balaban J connectivity index is 1.58. The monoisotopic (exact) mass is 702 g/mol. The molecule has 0 radical (unpaired) electrons. The van der Waals surface area contributed by atoms with Crippen molar-refractivity contribution in [1.29, 1.82) is 0 Å². The van der Waals surface area contributed by atoms with Crippen LogP contribution in [0.25, 0.3) is 0 Å². The Morgan fingerprint density at radius 3 is 2.33 bits per heavy atom. The molecule has 1 fully saturated rings. The van der Waals surface area contributed by atoms with Gasteiger partial charge in [0.15, 0.2) is 6.10 Å². The number of alkyl halides is 1. The smallest absolute Gasteiger partial charge is 0.347 e. The first-order valence-corrected chi connectivity index (χ1v) is 17.1. The molecule has 2 N–H and O–H groups in total. The molecule has 0 bridgehead atoms. The number of epoxide rings is 1. The summed E-state index contributed by atoms with van der Waals surface area (Å²) in [5.74, 6) is -2.46. The molecule has 0 aromatic heterocycles. The maximum absolute atomic E-state index is 13.5. The maximum Gasteiger partial charge on any atom is 0.347 e. The highest BCUT2D eigenvalue weighted by Gasteiger charge is 2.47. The zero-order valence-electron chi connectivity index (χ0n) is 27.9. The number of rotatable bonds is 9. The molecule has 2 aliphatic heterocycles. The van der Waals surface area contributed by atoms with Crippen LogP contribution in [0.3, 0.4) is 0 Å². The average Bonchev–Trinajstić information content (AvgIpc) is 3.86. The van der Waals surface area contributed by atoms with Crippen molar-refractivity contribution in [1.82, 2.24) is 10.6 Å². The van der Waals surface area contributed by atoms with E-state index in [2.05, 4.69) is 10.6 Å². The molecule has 0 aliphatic carbocycles. The van der Waals surface area contributed by atoms with Crippen molar-refractivity contribution in [2.75, 3.05) is 13.7 Å². The summed E-state index contributed by atoms with van der Waals surface area (Å²) in [5.41, 5.74) is 2.67. The van der Waals surface area contributed by atoms with E-state index in [1.807, 2.05) is 45.0 Å². The van der Waals surface area contributed by atoms with Crippen LogP contribution in [0.2, 0.25) is 5.02 Å². The Kier molecular flexibility index (Phi) is 13.3. The second-order valence-electron chi connectivity index (χ2n) is 12.8. The van der Waals surface area contributed by atoms with Crippen molar-refractivity contribution in [3.05, 3.63) is 76.3 Å². The summed E-state index contributed by atoms with van der Waals surface area (Å²) < 4.78 is 23.0. The Labute approximate surface area is 291 Å². The third-order valence-corrected chi connectivity index (χ3v) is 9.08. The lowest BCUT2D eigenvalue weighted by atomic mass is 9.93. The van der Waals surface area contributed by atoms with Gasteiger partial charge in [0.2, 0.25) is 11.8 Å². The molecule has 4 rings (SSSR count). The van der Waals surface area contributed by atoms with Crippen molar-refractivity contribution in [3.8, 4) is 5.75 Å². The minimum Gasteiger partial charge on any atom is -0.495 e. The molecule has 0 saturated carbocycles. The van der Waals surface area contributed by atoms with Crippen LogP contribution in [0.4, 0.5) is 0 Å². The lowest BCUT2D eigenvalue weighted by molar-refractivity contribution is -0.176. The summed E-state index contributed by atoms with van der Waals surface area (Å²) in [5, 5.41) is 5.85. The minimum atomic E-state index is -1.14. The topological polar surface area (TPSA) is 133 Å². The lowest BCUT2D eigenvalue weighted by Crippen LogP contribution is -2.49. The molecule has 260 valence electrons. The van der Waals surface area contributed by atoms with E-state index >= 15 is 0 Å². The summed E-state index contributed by atoms with van der Waals surface area (Å²) >= 11 is 12.2. The van der Waals surface area contributed by atoms with Crippen LogP contribution >= 0.6 is 23.2 Å². The molecular weight excluding hydrogens is 659 g/mol. The van der Waals surface area contributed by atoms with Gasteiger partial charge in [-0.2, -0.15) is 0 Å². The van der Waals surface area contributed by atoms with Gasteiger partial charge in [0, 0.05) is 31.2 Å². The SMILES string of the molecule is COc1ccc(C[C@H]2NC(=O)/C=C/C[C@@H]([C@H](C)C3OC3c3ccc(CCl)cc3)OC(=O)[C@H](CC(C)C)OC(=O)[C@H](C)CNC2=O)cc1Cl. The zero-order chi connectivity index (χ0) is 35.0.